The molecule has 0 unspecified atom stereocenters. The quantitative estimate of drug-likeness (QED) is 0.777. The van der Waals surface area contributed by atoms with Crippen molar-refractivity contribution in [2.75, 3.05) is 11.4 Å². The third-order valence-corrected chi connectivity index (χ3v) is 3.42. The predicted molar refractivity (Wildman–Crippen MR) is 67.0 cm³/mol. The second-order valence-electron chi connectivity index (χ2n) is 3.62. The zero-order valence-corrected chi connectivity index (χ0v) is 10.9. The Bertz CT molecular complexity index is 424. The molecule has 0 saturated carbocycles. The molecule has 0 aliphatic carbocycles. The molecule has 1 atom stereocenters. The molecule has 2 rings (SSSR count). The highest BCUT2D eigenvalue weighted by Crippen LogP contribution is 2.25. The van der Waals surface area contributed by atoms with Gasteiger partial charge >= 0.3 is 6.09 Å². The molecule has 1 aromatic carbocycles. The van der Waals surface area contributed by atoms with E-state index in [-0.39, 0.29) is 11.9 Å². The first-order valence-corrected chi connectivity index (χ1v) is 6.13. The predicted octanol–water partition coefficient (Wildman–Crippen LogP) is 3.17. The van der Waals surface area contributed by atoms with Crippen LogP contribution >= 0.6 is 22.6 Å². The van der Waals surface area contributed by atoms with Gasteiger partial charge in [0.2, 0.25) is 0 Å². The minimum atomic E-state index is -0.396. The first-order valence-electron chi connectivity index (χ1n) is 5.05. The molecule has 0 bridgehead atoms. The van der Waals surface area contributed by atoms with Gasteiger partial charge in [0.25, 0.3) is 0 Å². The zero-order valence-electron chi connectivity index (χ0n) is 8.74. The molecule has 0 spiro atoms. The van der Waals surface area contributed by atoms with Crippen molar-refractivity contribution in [2.45, 2.75) is 19.4 Å². The molecule has 0 radical (unpaired) electrons. The van der Waals surface area contributed by atoms with Crippen molar-refractivity contribution in [1.29, 1.82) is 0 Å². The third-order valence-electron chi connectivity index (χ3n) is 2.54. The number of amides is 1. The van der Waals surface area contributed by atoms with Gasteiger partial charge in [0.05, 0.1) is 12.2 Å². The fourth-order valence-corrected chi connectivity index (χ4v) is 1.93. The maximum absolute atomic E-state index is 13.4. The van der Waals surface area contributed by atoms with Crippen LogP contribution in [0.4, 0.5) is 14.9 Å². The molecule has 0 N–H and O–H groups in total. The fraction of sp³-hybridized carbons (Fsp3) is 0.364. The molecule has 1 heterocycles. The van der Waals surface area contributed by atoms with E-state index in [1.807, 2.05) is 29.5 Å². The van der Waals surface area contributed by atoms with E-state index in [0.717, 1.165) is 6.42 Å². The Morgan fingerprint density at radius 1 is 1.62 bits per heavy atom. The summed E-state index contributed by atoms with van der Waals surface area (Å²) in [6.07, 6.45) is 0.289. The molecule has 1 aliphatic heterocycles. The van der Waals surface area contributed by atoms with Crippen molar-refractivity contribution < 1.29 is 13.9 Å². The molecule has 0 aromatic heterocycles. The summed E-state index contributed by atoms with van der Waals surface area (Å²) in [7, 11) is 0. The summed E-state index contributed by atoms with van der Waals surface area (Å²) in [6, 6.07) is 4.74. The molecule has 3 nitrogen and oxygen atoms in total. The van der Waals surface area contributed by atoms with Crippen LogP contribution in [-0.2, 0) is 4.74 Å². The Morgan fingerprint density at radius 3 is 2.94 bits per heavy atom. The van der Waals surface area contributed by atoms with Crippen molar-refractivity contribution in [1.82, 2.24) is 0 Å². The van der Waals surface area contributed by atoms with Gasteiger partial charge in [-0.25, -0.2) is 9.18 Å². The minimum Gasteiger partial charge on any atom is -0.444 e. The zero-order chi connectivity index (χ0) is 11.7. The average molecular weight is 335 g/mol. The maximum Gasteiger partial charge on any atom is 0.414 e. The summed E-state index contributed by atoms with van der Waals surface area (Å²) in [5.74, 6) is -0.314. The van der Waals surface area contributed by atoms with Gasteiger partial charge < -0.3 is 4.74 Å². The van der Waals surface area contributed by atoms with Crippen LogP contribution in [0.2, 0.25) is 0 Å². The molecule has 86 valence electrons. The lowest BCUT2D eigenvalue weighted by atomic mass is 10.2. The lowest BCUT2D eigenvalue weighted by Gasteiger charge is -2.13. The second-order valence-corrected chi connectivity index (χ2v) is 4.79. The highest BCUT2D eigenvalue weighted by molar-refractivity contribution is 14.1. The SMILES string of the molecule is CC[C@H]1CN(c2ccc(I)c(F)c2)C(=O)O1. The van der Waals surface area contributed by atoms with E-state index in [1.165, 1.54) is 11.0 Å². The monoisotopic (exact) mass is 335 g/mol. The van der Waals surface area contributed by atoms with Crippen LogP contribution in [0, 0.1) is 9.39 Å². The average Bonchev–Trinajstić information content (AvgIpc) is 2.64. The lowest BCUT2D eigenvalue weighted by molar-refractivity contribution is 0.139. The Kier molecular flexibility index (Phi) is 3.32. The molecule has 1 amide bonds. The molecule has 1 aliphatic rings. The van der Waals surface area contributed by atoms with Gasteiger partial charge in [0, 0.05) is 3.57 Å². The van der Waals surface area contributed by atoms with Crippen LogP contribution < -0.4 is 4.90 Å². The summed E-state index contributed by atoms with van der Waals surface area (Å²) < 4.78 is 19.0. The van der Waals surface area contributed by atoms with E-state index in [0.29, 0.717) is 15.8 Å². The fourth-order valence-electron chi connectivity index (χ4n) is 1.60. The third kappa shape index (κ3) is 2.14. The van der Waals surface area contributed by atoms with E-state index < -0.39 is 6.09 Å². The standard InChI is InChI=1S/C11H11FINO2/c1-2-8-6-14(11(15)16-8)7-3-4-10(13)9(12)5-7/h3-5,8H,2,6H2,1H3/t8-/m0/s1. The van der Waals surface area contributed by atoms with Crippen molar-refractivity contribution >= 4 is 34.4 Å². The summed E-state index contributed by atoms with van der Waals surface area (Å²) >= 11 is 1.91. The van der Waals surface area contributed by atoms with Gasteiger partial charge in [0.1, 0.15) is 11.9 Å². The Labute approximate surface area is 107 Å². The Morgan fingerprint density at radius 2 is 2.38 bits per heavy atom. The van der Waals surface area contributed by atoms with Crippen LogP contribution in [0.5, 0.6) is 0 Å². The van der Waals surface area contributed by atoms with E-state index in [4.69, 9.17) is 4.74 Å². The van der Waals surface area contributed by atoms with Gasteiger partial charge in [-0.05, 0) is 47.2 Å². The molecular weight excluding hydrogens is 324 g/mol. The van der Waals surface area contributed by atoms with Crippen LogP contribution in [0.3, 0.4) is 0 Å². The first-order chi connectivity index (χ1) is 7.61. The number of hydrogen-bond donors (Lipinski definition) is 0. The van der Waals surface area contributed by atoms with E-state index in [2.05, 4.69) is 0 Å². The number of carbonyl (C=O) groups is 1. The summed E-state index contributed by atoms with van der Waals surface area (Å²) in [6.45, 7) is 2.45. The van der Waals surface area contributed by atoms with Gasteiger partial charge in [-0.3, -0.25) is 4.90 Å². The van der Waals surface area contributed by atoms with Crippen LogP contribution in [-0.4, -0.2) is 18.7 Å². The summed E-state index contributed by atoms with van der Waals surface area (Å²) in [4.78, 5) is 13.0. The molecular formula is C11H11FINO2. The van der Waals surface area contributed by atoms with Crippen molar-refractivity contribution in [3.8, 4) is 0 Å². The lowest BCUT2D eigenvalue weighted by Crippen LogP contribution is -2.24. The first kappa shape index (κ1) is 11.6. The number of nitrogens with zero attached hydrogens (tertiary/aromatic N) is 1. The van der Waals surface area contributed by atoms with Crippen LogP contribution in [0.15, 0.2) is 18.2 Å². The largest absolute Gasteiger partial charge is 0.444 e. The molecule has 5 heteroatoms. The van der Waals surface area contributed by atoms with Crippen molar-refractivity contribution in [2.24, 2.45) is 0 Å². The summed E-state index contributed by atoms with van der Waals surface area (Å²) in [5.41, 5.74) is 0.555. The number of carbonyl (C=O) groups excluding carboxylic acids is 1. The Balaban J connectivity index is 2.24. The summed E-state index contributed by atoms with van der Waals surface area (Å²) in [5, 5.41) is 0. The number of rotatable bonds is 2. The van der Waals surface area contributed by atoms with Gasteiger partial charge in [-0.15, -0.1) is 0 Å². The van der Waals surface area contributed by atoms with Crippen molar-refractivity contribution in [3.05, 3.63) is 27.6 Å². The highest BCUT2D eigenvalue weighted by atomic mass is 127. The maximum atomic E-state index is 13.4. The number of hydrogen-bond acceptors (Lipinski definition) is 2. The van der Waals surface area contributed by atoms with Gasteiger partial charge in [-0.1, -0.05) is 6.92 Å². The van der Waals surface area contributed by atoms with Crippen LogP contribution in [0.25, 0.3) is 0 Å². The molecule has 1 fully saturated rings. The number of benzene rings is 1. The molecule has 16 heavy (non-hydrogen) atoms. The normalized spacial score (nSPS) is 20.1. The number of anilines is 1. The van der Waals surface area contributed by atoms with Crippen LogP contribution in [0.1, 0.15) is 13.3 Å². The molecule has 1 aromatic rings. The highest BCUT2D eigenvalue weighted by Gasteiger charge is 2.31. The smallest absolute Gasteiger partial charge is 0.414 e. The van der Waals surface area contributed by atoms with Gasteiger partial charge in [0.15, 0.2) is 0 Å². The van der Waals surface area contributed by atoms with E-state index in [1.54, 1.807) is 12.1 Å². The topological polar surface area (TPSA) is 29.5 Å². The number of cyclic esters (lactones) is 1. The Hall–Kier alpha value is -0.850. The second kappa shape index (κ2) is 4.57. The number of ether oxygens (including phenoxy) is 1. The van der Waals surface area contributed by atoms with Crippen molar-refractivity contribution in [3.63, 3.8) is 0 Å². The molecule has 1 saturated heterocycles. The van der Waals surface area contributed by atoms with E-state index in [9.17, 15) is 9.18 Å². The van der Waals surface area contributed by atoms with E-state index >= 15 is 0 Å². The minimum absolute atomic E-state index is 0.0881. The van der Waals surface area contributed by atoms with Gasteiger partial charge in [-0.2, -0.15) is 0 Å². The number of halogens is 2.